The maximum atomic E-state index is 13.2. The van der Waals surface area contributed by atoms with Gasteiger partial charge in [0.1, 0.15) is 17.1 Å². The molecule has 4 heterocycles. The molecule has 0 aromatic carbocycles. The summed E-state index contributed by atoms with van der Waals surface area (Å²) in [6.07, 6.45) is 7.26. The van der Waals surface area contributed by atoms with E-state index in [1.165, 1.54) is 19.3 Å². The highest BCUT2D eigenvalue weighted by Gasteiger charge is 2.58. The maximum Gasteiger partial charge on any atom is 0.272 e. The molecule has 126 valence electrons. The van der Waals surface area contributed by atoms with Crippen molar-refractivity contribution < 1.29 is 14.3 Å². The zero-order valence-corrected chi connectivity index (χ0v) is 13.8. The normalized spacial score (nSPS) is 27.5. The first-order valence-electron chi connectivity index (χ1n) is 8.62. The number of pyridine rings is 1. The third-order valence-corrected chi connectivity index (χ3v) is 6.27. The molecule has 6 heteroatoms. The number of hydrogen-bond donors (Lipinski definition) is 0. The number of hydrogen-bond acceptors (Lipinski definition) is 4. The number of rotatable bonds is 2. The molecule has 3 fully saturated rings. The fraction of sp³-hybridized carbons (Fsp3) is 0.556. The highest BCUT2D eigenvalue weighted by molar-refractivity contribution is 5.94. The third-order valence-electron chi connectivity index (χ3n) is 6.27. The lowest BCUT2D eigenvalue weighted by atomic mass is 9.62. The van der Waals surface area contributed by atoms with Gasteiger partial charge in [-0.25, -0.2) is 4.98 Å². The predicted octanol–water partition coefficient (Wildman–Crippen LogP) is 1.98. The summed E-state index contributed by atoms with van der Waals surface area (Å²) in [4.78, 5) is 19.7. The van der Waals surface area contributed by atoms with Crippen molar-refractivity contribution >= 4 is 11.6 Å². The van der Waals surface area contributed by atoms with E-state index in [9.17, 15) is 4.79 Å². The SMILES string of the molecule is COc1ccn2c(C(=O)N3CC4(CCC4)[C@H]4COC[C@H]43)cnc2c1. The Bertz CT molecular complexity index is 811. The molecule has 2 saturated heterocycles. The van der Waals surface area contributed by atoms with Crippen LogP contribution in [-0.4, -0.2) is 53.1 Å². The third kappa shape index (κ3) is 1.80. The molecule has 2 aliphatic heterocycles. The minimum Gasteiger partial charge on any atom is -0.497 e. The van der Waals surface area contributed by atoms with Crippen LogP contribution in [0.1, 0.15) is 29.8 Å². The van der Waals surface area contributed by atoms with Gasteiger partial charge in [0.25, 0.3) is 5.91 Å². The molecule has 1 spiro atoms. The largest absolute Gasteiger partial charge is 0.497 e. The Kier molecular flexibility index (Phi) is 2.95. The van der Waals surface area contributed by atoms with Crippen molar-refractivity contribution in [3.63, 3.8) is 0 Å². The van der Waals surface area contributed by atoms with E-state index in [0.717, 1.165) is 24.5 Å². The van der Waals surface area contributed by atoms with Gasteiger partial charge in [-0.15, -0.1) is 0 Å². The van der Waals surface area contributed by atoms with E-state index in [1.54, 1.807) is 13.3 Å². The second-order valence-corrected chi connectivity index (χ2v) is 7.30. The molecule has 2 aromatic heterocycles. The molecule has 1 saturated carbocycles. The van der Waals surface area contributed by atoms with E-state index < -0.39 is 0 Å². The quantitative estimate of drug-likeness (QED) is 0.846. The first kappa shape index (κ1) is 14.3. The van der Waals surface area contributed by atoms with Crippen LogP contribution in [0, 0.1) is 11.3 Å². The number of methoxy groups -OCH3 is 1. The zero-order chi connectivity index (χ0) is 16.3. The molecule has 1 aliphatic carbocycles. The van der Waals surface area contributed by atoms with Crippen molar-refractivity contribution in [3.8, 4) is 5.75 Å². The smallest absolute Gasteiger partial charge is 0.272 e. The fourth-order valence-corrected chi connectivity index (χ4v) is 4.79. The van der Waals surface area contributed by atoms with Gasteiger partial charge in [0.15, 0.2) is 0 Å². The predicted molar refractivity (Wildman–Crippen MR) is 87.2 cm³/mol. The average Bonchev–Trinajstić information content (AvgIpc) is 3.25. The van der Waals surface area contributed by atoms with Crippen LogP contribution in [0.3, 0.4) is 0 Å². The molecular weight excluding hydrogens is 306 g/mol. The molecule has 5 rings (SSSR count). The summed E-state index contributed by atoms with van der Waals surface area (Å²) in [5.74, 6) is 1.32. The van der Waals surface area contributed by atoms with Crippen LogP contribution in [0.25, 0.3) is 5.65 Å². The van der Waals surface area contributed by atoms with Crippen LogP contribution in [0.2, 0.25) is 0 Å². The van der Waals surface area contributed by atoms with Gasteiger partial charge in [0.2, 0.25) is 0 Å². The number of nitrogens with zero attached hydrogens (tertiary/aromatic N) is 3. The summed E-state index contributed by atoms with van der Waals surface area (Å²) in [5, 5.41) is 0. The molecule has 6 nitrogen and oxygen atoms in total. The molecule has 2 atom stereocenters. The van der Waals surface area contributed by atoms with Crippen LogP contribution >= 0.6 is 0 Å². The number of carbonyl (C=O) groups excluding carboxylic acids is 1. The molecule has 3 aliphatic rings. The Balaban J connectivity index is 1.50. The summed E-state index contributed by atoms with van der Waals surface area (Å²) < 4.78 is 12.8. The van der Waals surface area contributed by atoms with Crippen molar-refractivity contribution in [2.24, 2.45) is 11.3 Å². The lowest BCUT2D eigenvalue weighted by molar-refractivity contribution is 0.0448. The zero-order valence-electron chi connectivity index (χ0n) is 13.8. The van der Waals surface area contributed by atoms with Crippen LogP contribution in [-0.2, 0) is 4.74 Å². The molecule has 1 amide bonds. The monoisotopic (exact) mass is 327 g/mol. The Labute approximate surface area is 140 Å². The van der Waals surface area contributed by atoms with Crippen molar-refractivity contribution in [2.75, 3.05) is 26.9 Å². The summed E-state index contributed by atoms with van der Waals surface area (Å²) in [6.45, 7) is 2.34. The summed E-state index contributed by atoms with van der Waals surface area (Å²) in [7, 11) is 1.63. The fourth-order valence-electron chi connectivity index (χ4n) is 4.79. The number of fused-ring (bicyclic) bond motifs is 3. The van der Waals surface area contributed by atoms with Crippen molar-refractivity contribution in [2.45, 2.75) is 25.3 Å². The van der Waals surface area contributed by atoms with Crippen molar-refractivity contribution in [1.82, 2.24) is 14.3 Å². The summed E-state index contributed by atoms with van der Waals surface area (Å²) in [5.41, 5.74) is 1.66. The van der Waals surface area contributed by atoms with Gasteiger partial charge < -0.3 is 14.4 Å². The molecule has 0 bridgehead atoms. The molecule has 2 aromatic rings. The molecule has 0 radical (unpaired) electrons. The number of likely N-dealkylation sites (tertiary alicyclic amines) is 1. The first-order chi connectivity index (χ1) is 11.7. The Morgan fingerprint density at radius 3 is 3.04 bits per heavy atom. The van der Waals surface area contributed by atoms with Crippen LogP contribution < -0.4 is 4.74 Å². The van der Waals surface area contributed by atoms with E-state index in [0.29, 0.717) is 23.6 Å². The van der Waals surface area contributed by atoms with Gasteiger partial charge >= 0.3 is 0 Å². The molecular formula is C18H21N3O3. The second kappa shape index (κ2) is 4.96. The highest BCUT2D eigenvalue weighted by atomic mass is 16.5. The number of imidazole rings is 1. The first-order valence-corrected chi connectivity index (χ1v) is 8.62. The van der Waals surface area contributed by atoms with E-state index in [-0.39, 0.29) is 11.9 Å². The van der Waals surface area contributed by atoms with Gasteiger partial charge in [0, 0.05) is 24.7 Å². The van der Waals surface area contributed by atoms with Crippen LogP contribution in [0.15, 0.2) is 24.5 Å². The molecule has 0 N–H and O–H groups in total. The van der Waals surface area contributed by atoms with Gasteiger partial charge in [-0.1, -0.05) is 6.42 Å². The summed E-state index contributed by atoms with van der Waals surface area (Å²) >= 11 is 0. The number of amides is 1. The van der Waals surface area contributed by atoms with E-state index in [4.69, 9.17) is 9.47 Å². The number of ether oxygens (including phenoxy) is 2. The maximum absolute atomic E-state index is 13.2. The highest BCUT2D eigenvalue weighted by Crippen LogP contribution is 2.55. The van der Waals surface area contributed by atoms with Crippen molar-refractivity contribution in [1.29, 1.82) is 0 Å². The Morgan fingerprint density at radius 1 is 1.42 bits per heavy atom. The second-order valence-electron chi connectivity index (χ2n) is 7.30. The van der Waals surface area contributed by atoms with Gasteiger partial charge in [-0.2, -0.15) is 0 Å². The minimum absolute atomic E-state index is 0.0666. The number of carbonyl (C=O) groups is 1. The van der Waals surface area contributed by atoms with Crippen molar-refractivity contribution in [3.05, 3.63) is 30.2 Å². The molecule has 0 unspecified atom stereocenters. The lowest BCUT2D eigenvalue weighted by Crippen LogP contribution is -2.40. The van der Waals surface area contributed by atoms with Crippen LogP contribution in [0.5, 0.6) is 5.75 Å². The van der Waals surface area contributed by atoms with E-state index in [2.05, 4.69) is 4.98 Å². The lowest BCUT2D eigenvalue weighted by Gasteiger charge is -2.41. The van der Waals surface area contributed by atoms with E-state index in [1.807, 2.05) is 27.6 Å². The summed E-state index contributed by atoms with van der Waals surface area (Å²) in [6, 6.07) is 3.92. The van der Waals surface area contributed by atoms with E-state index >= 15 is 0 Å². The average molecular weight is 327 g/mol. The molecule has 24 heavy (non-hydrogen) atoms. The Hall–Kier alpha value is -2.08. The van der Waals surface area contributed by atoms with Gasteiger partial charge in [-0.3, -0.25) is 9.20 Å². The standard InChI is InChI=1S/C18H21N3O3/c1-23-12-3-6-20-14(8-19-16(20)7-12)17(22)21-11-18(4-2-5-18)13-9-24-10-15(13)21/h3,6-8,13,15H,2,4-5,9-11H2,1H3/t13-,15+/m0/s1. The minimum atomic E-state index is 0.0666. The topological polar surface area (TPSA) is 56.1 Å². The van der Waals surface area contributed by atoms with Gasteiger partial charge in [0.05, 0.1) is 32.6 Å². The van der Waals surface area contributed by atoms with Gasteiger partial charge in [-0.05, 0) is 24.3 Å². The van der Waals surface area contributed by atoms with Crippen LogP contribution in [0.4, 0.5) is 0 Å². The number of aromatic nitrogens is 2. The Morgan fingerprint density at radius 2 is 2.29 bits per heavy atom.